The van der Waals surface area contributed by atoms with Gasteiger partial charge in [0.1, 0.15) is 0 Å². The van der Waals surface area contributed by atoms with Crippen LogP contribution < -0.4 is 5.32 Å². The van der Waals surface area contributed by atoms with E-state index in [0.29, 0.717) is 0 Å². The van der Waals surface area contributed by atoms with Gasteiger partial charge in [-0.15, -0.1) is 0 Å². The van der Waals surface area contributed by atoms with Crippen molar-refractivity contribution in [2.45, 2.75) is 70.8 Å². The minimum atomic E-state index is 0.748. The van der Waals surface area contributed by atoms with Gasteiger partial charge in [-0.2, -0.15) is 0 Å². The molecule has 1 nitrogen and oxygen atoms in total. The first kappa shape index (κ1) is 12.9. The highest BCUT2D eigenvalue weighted by molar-refractivity contribution is 5.44. The fourth-order valence-corrected chi connectivity index (χ4v) is 4.72. The summed E-state index contributed by atoms with van der Waals surface area (Å²) in [6, 6.07) is 4.76. The molecule has 20 heavy (non-hydrogen) atoms. The average molecular weight is 269 g/mol. The first-order valence-electron chi connectivity index (χ1n) is 8.59. The third-order valence-corrected chi connectivity index (χ3v) is 6.10. The Bertz CT molecular complexity index is 513. The van der Waals surface area contributed by atoms with Crippen LogP contribution in [0.1, 0.15) is 73.1 Å². The second kappa shape index (κ2) is 4.87. The molecule has 3 aliphatic rings. The van der Waals surface area contributed by atoms with Crippen LogP contribution in [0.4, 0.5) is 0 Å². The summed E-state index contributed by atoms with van der Waals surface area (Å²) >= 11 is 0. The van der Waals surface area contributed by atoms with E-state index in [-0.39, 0.29) is 0 Å². The fourth-order valence-electron chi connectivity index (χ4n) is 4.72. The molecule has 0 radical (unpaired) electrons. The maximum absolute atomic E-state index is 3.65. The predicted octanol–water partition coefficient (Wildman–Crippen LogP) is 4.47. The summed E-state index contributed by atoms with van der Waals surface area (Å²) in [4.78, 5) is 0. The van der Waals surface area contributed by atoms with E-state index in [9.17, 15) is 0 Å². The second-order valence-corrected chi connectivity index (χ2v) is 7.51. The molecule has 1 N–H and O–H groups in total. The Morgan fingerprint density at radius 3 is 2.90 bits per heavy atom. The minimum absolute atomic E-state index is 0.748. The minimum Gasteiger partial charge on any atom is -0.313 e. The number of hydrogen-bond acceptors (Lipinski definition) is 1. The number of aryl methyl sites for hydroxylation is 1. The van der Waals surface area contributed by atoms with Crippen molar-refractivity contribution < 1.29 is 0 Å². The molecule has 1 heteroatoms. The van der Waals surface area contributed by atoms with Gasteiger partial charge in [-0.05, 0) is 92.0 Å². The number of nitrogens with one attached hydrogen (secondary N) is 1. The molecular formula is C19H27N. The van der Waals surface area contributed by atoms with Crippen LogP contribution in [0.5, 0.6) is 0 Å². The predicted molar refractivity (Wildman–Crippen MR) is 84.1 cm³/mol. The molecular weight excluding hydrogens is 242 g/mol. The normalized spacial score (nSPS) is 27.9. The number of rotatable bonds is 0. The van der Waals surface area contributed by atoms with E-state index in [1.165, 1.54) is 57.9 Å². The van der Waals surface area contributed by atoms with Crippen LogP contribution in [0.25, 0.3) is 0 Å². The SMILES string of the molecule is Cc1ccc2c3c1CCCCC1(CC1)CC3CCNC2. The van der Waals surface area contributed by atoms with Crippen molar-refractivity contribution in [3.05, 3.63) is 34.4 Å². The van der Waals surface area contributed by atoms with E-state index < -0.39 is 0 Å². The van der Waals surface area contributed by atoms with Gasteiger partial charge in [-0.3, -0.25) is 0 Å². The highest BCUT2D eigenvalue weighted by Gasteiger charge is 2.44. The van der Waals surface area contributed by atoms with Crippen molar-refractivity contribution in [2.75, 3.05) is 6.54 Å². The molecule has 1 unspecified atom stereocenters. The topological polar surface area (TPSA) is 12.0 Å². The fraction of sp³-hybridized carbons (Fsp3) is 0.684. The Kier molecular flexibility index (Phi) is 3.14. The average Bonchev–Trinajstić information content (AvgIpc) is 3.21. The molecule has 4 rings (SSSR count). The smallest absolute Gasteiger partial charge is 0.0208 e. The molecule has 1 atom stereocenters. The molecule has 1 aromatic rings. The molecule has 108 valence electrons. The highest BCUT2D eigenvalue weighted by Crippen LogP contribution is 2.57. The van der Waals surface area contributed by atoms with Gasteiger partial charge < -0.3 is 5.32 Å². The molecule has 1 spiro atoms. The zero-order valence-electron chi connectivity index (χ0n) is 12.8. The van der Waals surface area contributed by atoms with E-state index in [1.807, 2.05) is 0 Å². The van der Waals surface area contributed by atoms with Gasteiger partial charge in [0.25, 0.3) is 0 Å². The van der Waals surface area contributed by atoms with Crippen molar-refractivity contribution in [1.29, 1.82) is 0 Å². The second-order valence-electron chi connectivity index (χ2n) is 7.51. The molecule has 0 saturated heterocycles. The van der Waals surface area contributed by atoms with Crippen LogP contribution in [0.2, 0.25) is 0 Å². The summed E-state index contributed by atoms with van der Waals surface area (Å²) in [5.41, 5.74) is 7.38. The summed E-state index contributed by atoms with van der Waals surface area (Å²) in [6.07, 6.45) is 11.5. The lowest BCUT2D eigenvalue weighted by atomic mass is 9.79. The van der Waals surface area contributed by atoms with Crippen molar-refractivity contribution in [3.63, 3.8) is 0 Å². The van der Waals surface area contributed by atoms with Crippen LogP contribution in [0.3, 0.4) is 0 Å². The molecule has 2 aliphatic carbocycles. The van der Waals surface area contributed by atoms with Crippen molar-refractivity contribution in [3.8, 4) is 0 Å². The Hall–Kier alpha value is -0.820. The standard InChI is InChI=1S/C19H27N/c1-14-5-6-16-13-20-11-7-15-12-19(9-10-19)8-3-2-4-17(14)18(15)16/h5-6,15,20H,2-4,7-13H2,1H3. The van der Waals surface area contributed by atoms with Gasteiger partial charge in [-0.1, -0.05) is 18.6 Å². The van der Waals surface area contributed by atoms with Crippen molar-refractivity contribution in [2.24, 2.45) is 5.41 Å². The lowest BCUT2D eigenvalue weighted by molar-refractivity contribution is 0.368. The first-order chi connectivity index (χ1) is 9.77. The summed E-state index contributed by atoms with van der Waals surface area (Å²) in [7, 11) is 0. The highest BCUT2D eigenvalue weighted by atomic mass is 14.9. The third-order valence-electron chi connectivity index (χ3n) is 6.10. The van der Waals surface area contributed by atoms with Gasteiger partial charge in [0.15, 0.2) is 0 Å². The lowest BCUT2D eigenvalue weighted by Crippen LogP contribution is -2.13. The first-order valence-corrected chi connectivity index (χ1v) is 8.59. The monoisotopic (exact) mass is 269 g/mol. The van der Waals surface area contributed by atoms with Crippen LogP contribution in [-0.4, -0.2) is 6.54 Å². The Morgan fingerprint density at radius 1 is 1.15 bits per heavy atom. The van der Waals surface area contributed by atoms with E-state index in [2.05, 4.69) is 24.4 Å². The van der Waals surface area contributed by atoms with Crippen molar-refractivity contribution in [1.82, 2.24) is 5.32 Å². The van der Waals surface area contributed by atoms with Gasteiger partial charge >= 0.3 is 0 Å². The zero-order chi connectivity index (χ0) is 13.6. The molecule has 1 heterocycles. The van der Waals surface area contributed by atoms with Crippen LogP contribution in [0.15, 0.2) is 12.1 Å². The number of hydrogen-bond donors (Lipinski definition) is 1. The molecule has 1 fully saturated rings. The Labute approximate surface area is 123 Å². The Balaban J connectivity index is 1.81. The molecule has 1 saturated carbocycles. The summed E-state index contributed by atoms with van der Waals surface area (Å²) in [5.74, 6) is 0.829. The molecule has 0 aromatic heterocycles. The van der Waals surface area contributed by atoms with E-state index in [0.717, 1.165) is 17.9 Å². The quantitative estimate of drug-likeness (QED) is 0.733. The van der Waals surface area contributed by atoms with Gasteiger partial charge in [0.2, 0.25) is 0 Å². The molecule has 1 aliphatic heterocycles. The summed E-state index contributed by atoms with van der Waals surface area (Å²) < 4.78 is 0. The van der Waals surface area contributed by atoms with E-state index in [1.54, 1.807) is 22.3 Å². The van der Waals surface area contributed by atoms with Crippen LogP contribution in [0, 0.1) is 12.3 Å². The molecule has 1 aromatic carbocycles. The number of benzene rings is 1. The van der Waals surface area contributed by atoms with Gasteiger partial charge in [0, 0.05) is 6.54 Å². The Morgan fingerprint density at radius 2 is 2.05 bits per heavy atom. The van der Waals surface area contributed by atoms with Crippen LogP contribution >= 0.6 is 0 Å². The lowest BCUT2D eigenvalue weighted by Gasteiger charge is -2.25. The van der Waals surface area contributed by atoms with Gasteiger partial charge in [0.05, 0.1) is 0 Å². The largest absolute Gasteiger partial charge is 0.313 e. The summed E-state index contributed by atoms with van der Waals surface area (Å²) in [6.45, 7) is 4.62. The maximum atomic E-state index is 3.65. The third kappa shape index (κ3) is 2.20. The molecule has 0 amide bonds. The maximum Gasteiger partial charge on any atom is 0.0208 e. The summed E-state index contributed by atoms with van der Waals surface area (Å²) in [5, 5.41) is 3.65. The van der Waals surface area contributed by atoms with Gasteiger partial charge in [-0.25, -0.2) is 0 Å². The van der Waals surface area contributed by atoms with Crippen molar-refractivity contribution >= 4 is 0 Å². The molecule has 0 bridgehead atoms. The van der Waals surface area contributed by atoms with E-state index in [4.69, 9.17) is 0 Å². The zero-order valence-corrected chi connectivity index (χ0v) is 12.8. The van der Waals surface area contributed by atoms with Crippen LogP contribution in [-0.2, 0) is 13.0 Å². The van der Waals surface area contributed by atoms with E-state index >= 15 is 0 Å².